The smallest absolute Gasteiger partial charge is 0.253 e. The van der Waals surface area contributed by atoms with E-state index in [1.54, 1.807) is 0 Å². The Morgan fingerprint density at radius 3 is 2.50 bits per heavy atom. The third-order valence-corrected chi connectivity index (χ3v) is 2.57. The van der Waals surface area contributed by atoms with E-state index in [9.17, 15) is 8.78 Å². The lowest BCUT2D eigenvalue weighted by Crippen LogP contribution is -2.31. The van der Waals surface area contributed by atoms with Gasteiger partial charge in [-0.15, -0.1) is 0 Å². The monoisotopic (exact) mass is 269 g/mol. The maximum atomic E-state index is 12.3. The largest absolute Gasteiger partial charge is 0.495 e. The van der Waals surface area contributed by atoms with E-state index in [4.69, 9.17) is 33.7 Å². The number of hydrogen-bond acceptors (Lipinski definition) is 2. The quantitative estimate of drug-likeness (QED) is 0.912. The first kappa shape index (κ1) is 13.5. The van der Waals surface area contributed by atoms with E-state index < -0.39 is 12.5 Å². The van der Waals surface area contributed by atoms with Crippen LogP contribution in [-0.2, 0) is 6.42 Å². The van der Waals surface area contributed by atoms with Crippen molar-refractivity contribution in [2.75, 3.05) is 7.11 Å². The van der Waals surface area contributed by atoms with Crippen LogP contribution >= 0.6 is 23.2 Å². The van der Waals surface area contributed by atoms with Crippen LogP contribution in [0.3, 0.4) is 0 Å². The first-order valence-corrected chi connectivity index (χ1v) is 5.27. The molecule has 2 N–H and O–H groups in total. The molecule has 6 heteroatoms. The van der Waals surface area contributed by atoms with E-state index in [0.29, 0.717) is 16.3 Å². The second-order valence-corrected chi connectivity index (χ2v) is 4.13. The molecular formula is C10H11Cl2F2NO. The summed E-state index contributed by atoms with van der Waals surface area (Å²) in [5.41, 5.74) is 5.76. The van der Waals surface area contributed by atoms with Crippen LogP contribution in [0.2, 0.25) is 10.0 Å². The molecule has 0 amide bonds. The summed E-state index contributed by atoms with van der Waals surface area (Å²) in [6, 6.07) is 1.75. The zero-order chi connectivity index (χ0) is 12.3. The summed E-state index contributed by atoms with van der Waals surface area (Å²) in [6.07, 6.45) is -2.64. The van der Waals surface area contributed by atoms with Gasteiger partial charge < -0.3 is 10.5 Å². The number of methoxy groups -OCH3 is 1. The Bertz CT molecular complexity index is 374. The fraction of sp³-hybridized carbons (Fsp3) is 0.400. The lowest BCUT2D eigenvalue weighted by Gasteiger charge is -2.14. The highest BCUT2D eigenvalue weighted by atomic mass is 35.5. The molecule has 0 aliphatic carbocycles. The molecule has 0 saturated heterocycles. The normalized spacial score (nSPS) is 12.9. The van der Waals surface area contributed by atoms with Crippen LogP contribution in [0.25, 0.3) is 0 Å². The highest BCUT2D eigenvalue weighted by Crippen LogP contribution is 2.33. The number of benzene rings is 1. The van der Waals surface area contributed by atoms with Crippen LogP contribution < -0.4 is 10.5 Å². The van der Waals surface area contributed by atoms with E-state index in [2.05, 4.69) is 0 Å². The summed E-state index contributed by atoms with van der Waals surface area (Å²) < 4.78 is 29.7. The summed E-state index contributed by atoms with van der Waals surface area (Å²) in [6.45, 7) is 0. The van der Waals surface area contributed by atoms with Gasteiger partial charge in [0.2, 0.25) is 0 Å². The maximum Gasteiger partial charge on any atom is 0.253 e. The third-order valence-electron chi connectivity index (χ3n) is 2.07. The minimum absolute atomic E-state index is 0.0406. The van der Waals surface area contributed by atoms with Crippen LogP contribution in [0.1, 0.15) is 5.56 Å². The van der Waals surface area contributed by atoms with Crippen LogP contribution in [0, 0.1) is 0 Å². The van der Waals surface area contributed by atoms with Crippen molar-refractivity contribution in [3.05, 3.63) is 27.7 Å². The summed E-state index contributed by atoms with van der Waals surface area (Å²) in [5, 5.41) is 0.647. The zero-order valence-corrected chi connectivity index (χ0v) is 10.0. The predicted octanol–water partition coefficient (Wildman–Crippen LogP) is 3.14. The minimum Gasteiger partial charge on any atom is -0.495 e. The Hall–Kier alpha value is -0.580. The molecule has 90 valence electrons. The molecule has 0 aliphatic heterocycles. The number of halogens is 4. The lowest BCUT2D eigenvalue weighted by atomic mass is 10.1. The van der Waals surface area contributed by atoms with Gasteiger partial charge in [-0.05, 0) is 24.1 Å². The molecule has 1 rings (SSSR count). The Balaban J connectivity index is 3.02. The molecule has 0 spiro atoms. The highest BCUT2D eigenvalue weighted by molar-refractivity contribution is 6.35. The van der Waals surface area contributed by atoms with Gasteiger partial charge in [-0.25, -0.2) is 8.78 Å². The molecule has 0 fully saturated rings. The first-order valence-electron chi connectivity index (χ1n) is 4.51. The number of rotatable bonds is 4. The highest BCUT2D eigenvalue weighted by Gasteiger charge is 2.19. The molecule has 1 aromatic carbocycles. The summed E-state index contributed by atoms with van der Waals surface area (Å²) >= 11 is 11.6. The van der Waals surface area contributed by atoms with Crippen molar-refractivity contribution >= 4 is 23.2 Å². The Morgan fingerprint density at radius 2 is 2.00 bits per heavy atom. The van der Waals surface area contributed by atoms with Crippen molar-refractivity contribution in [1.82, 2.24) is 0 Å². The van der Waals surface area contributed by atoms with E-state index in [1.165, 1.54) is 19.2 Å². The molecule has 1 atom stereocenters. The van der Waals surface area contributed by atoms with E-state index >= 15 is 0 Å². The van der Waals surface area contributed by atoms with Crippen LogP contribution in [0.15, 0.2) is 12.1 Å². The zero-order valence-electron chi connectivity index (χ0n) is 8.51. The van der Waals surface area contributed by atoms with Gasteiger partial charge in [0.05, 0.1) is 18.2 Å². The van der Waals surface area contributed by atoms with E-state index in [-0.39, 0.29) is 11.4 Å². The standard InChI is InChI=1S/C10H11Cl2F2NO/c1-16-9-5(3-8(15)10(13)14)2-6(11)4-7(9)12/h2,4,8,10H,3,15H2,1H3. The molecule has 0 saturated carbocycles. The van der Waals surface area contributed by atoms with E-state index in [0.717, 1.165) is 0 Å². The van der Waals surface area contributed by atoms with Crippen molar-refractivity contribution < 1.29 is 13.5 Å². The van der Waals surface area contributed by atoms with E-state index in [1.807, 2.05) is 0 Å². The minimum atomic E-state index is -2.59. The molecule has 0 aliphatic rings. The molecule has 2 nitrogen and oxygen atoms in total. The Kier molecular flexibility index (Phi) is 4.77. The van der Waals surface area contributed by atoms with Gasteiger partial charge in [-0.3, -0.25) is 0 Å². The molecule has 1 unspecified atom stereocenters. The van der Waals surface area contributed by atoms with Crippen molar-refractivity contribution in [1.29, 1.82) is 0 Å². The molecular weight excluding hydrogens is 259 g/mol. The van der Waals surface area contributed by atoms with Crippen molar-refractivity contribution in [3.8, 4) is 5.75 Å². The summed E-state index contributed by atoms with van der Waals surface area (Å²) in [7, 11) is 1.41. The van der Waals surface area contributed by atoms with Gasteiger partial charge in [0.15, 0.2) is 0 Å². The first-order chi connectivity index (χ1) is 7.45. The van der Waals surface area contributed by atoms with Gasteiger partial charge in [0.1, 0.15) is 5.75 Å². The summed E-state index contributed by atoms with van der Waals surface area (Å²) in [4.78, 5) is 0. The molecule has 0 heterocycles. The fourth-order valence-electron chi connectivity index (χ4n) is 1.34. The molecule has 0 bridgehead atoms. The predicted molar refractivity (Wildman–Crippen MR) is 60.7 cm³/mol. The molecule has 0 radical (unpaired) electrons. The number of ether oxygens (including phenoxy) is 1. The SMILES string of the molecule is COc1c(Cl)cc(Cl)cc1CC(N)C(F)F. The number of nitrogens with two attached hydrogens (primary N) is 1. The molecule has 1 aromatic rings. The lowest BCUT2D eigenvalue weighted by molar-refractivity contribution is 0.115. The maximum absolute atomic E-state index is 12.3. The molecule has 0 aromatic heterocycles. The van der Waals surface area contributed by atoms with Gasteiger partial charge in [-0.2, -0.15) is 0 Å². The van der Waals surface area contributed by atoms with Crippen LogP contribution in [0.4, 0.5) is 8.78 Å². The third kappa shape index (κ3) is 3.20. The molecule has 16 heavy (non-hydrogen) atoms. The van der Waals surface area contributed by atoms with Crippen molar-refractivity contribution in [2.45, 2.75) is 18.9 Å². The van der Waals surface area contributed by atoms with Gasteiger partial charge in [0.25, 0.3) is 6.43 Å². The second-order valence-electron chi connectivity index (χ2n) is 3.28. The average Bonchev–Trinajstić information content (AvgIpc) is 2.16. The van der Waals surface area contributed by atoms with Gasteiger partial charge in [0, 0.05) is 5.02 Å². The number of alkyl halides is 2. The van der Waals surface area contributed by atoms with Crippen LogP contribution in [0.5, 0.6) is 5.75 Å². The summed E-state index contributed by atoms with van der Waals surface area (Å²) in [5.74, 6) is 0.335. The van der Waals surface area contributed by atoms with Gasteiger partial charge in [-0.1, -0.05) is 23.2 Å². The average molecular weight is 270 g/mol. The van der Waals surface area contributed by atoms with Crippen molar-refractivity contribution in [3.63, 3.8) is 0 Å². The number of hydrogen-bond donors (Lipinski definition) is 1. The Morgan fingerprint density at radius 1 is 1.38 bits per heavy atom. The van der Waals surface area contributed by atoms with Crippen LogP contribution in [-0.4, -0.2) is 19.6 Å². The van der Waals surface area contributed by atoms with Gasteiger partial charge >= 0.3 is 0 Å². The topological polar surface area (TPSA) is 35.2 Å². The Labute approximate surface area is 102 Å². The fourth-order valence-corrected chi connectivity index (χ4v) is 1.95. The van der Waals surface area contributed by atoms with Crippen molar-refractivity contribution in [2.24, 2.45) is 5.73 Å². The second kappa shape index (κ2) is 5.66.